The van der Waals surface area contributed by atoms with Gasteiger partial charge >= 0.3 is 0 Å². The van der Waals surface area contributed by atoms with Gasteiger partial charge in [0.05, 0.1) is 5.69 Å². The van der Waals surface area contributed by atoms with Crippen molar-refractivity contribution in [3.8, 4) is 0 Å². The molecule has 0 aliphatic carbocycles. The highest BCUT2D eigenvalue weighted by Crippen LogP contribution is 1.90. The van der Waals surface area contributed by atoms with E-state index in [-0.39, 0.29) is 0 Å². The van der Waals surface area contributed by atoms with Gasteiger partial charge in [0.1, 0.15) is 6.33 Å². The van der Waals surface area contributed by atoms with Gasteiger partial charge < -0.3 is 11.1 Å². The third-order valence-electron chi connectivity index (χ3n) is 1.63. The summed E-state index contributed by atoms with van der Waals surface area (Å²) in [4.78, 5) is 7.90. The molecule has 3 N–H and O–H groups in total. The minimum atomic E-state index is 0.333. The van der Waals surface area contributed by atoms with Crippen molar-refractivity contribution in [2.45, 2.75) is 19.5 Å². The molecule has 0 aliphatic heterocycles. The zero-order valence-electron chi connectivity index (χ0n) is 7.20. The summed E-state index contributed by atoms with van der Waals surface area (Å²) < 4.78 is 0. The summed E-state index contributed by atoms with van der Waals surface area (Å²) in [5, 5.41) is 3.23. The first kappa shape index (κ1) is 9.09. The number of nitrogens with zero attached hydrogens (tertiary/aromatic N) is 2. The molecule has 0 amide bonds. The maximum absolute atomic E-state index is 5.44. The van der Waals surface area contributed by atoms with Gasteiger partial charge in [-0.3, -0.25) is 0 Å². The van der Waals surface area contributed by atoms with E-state index in [2.05, 4.69) is 15.3 Å². The quantitative estimate of drug-likeness (QED) is 0.656. The standard InChI is InChI=1S/C8H14N4/c1-7(4-9)11-5-8-2-3-10-6-12-8/h2-3,6-7,11H,4-5,9H2,1H3. The van der Waals surface area contributed by atoms with Gasteiger partial charge in [0.2, 0.25) is 0 Å². The molecule has 0 saturated carbocycles. The SMILES string of the molecule is CC(CN)NCc1ccncn1. The van der Waals surface area contributed by atoms with Crippen molar-refractivity contribution in [2.75, 3.05) is 6.54 Å². The monoisotopic (exact) mass is 166 g/mol. The van der Waals surface area contributed by atoms with Gasteiger partial charge in [-0.2, -0.15) is 0 Å². The van der Waals surface area contributed by atoms with E-state index in [0.29, 0.717) is 12.6 Å². The number of hydrogen-bond donors (Lipinski definition) is 2. The van der Waals surface area contributed by atoms with Crippen molar-refractivity contribution in [2.24, 2.45) is 5.73 Å². The summed E-state index contributed by atoms with van der Waals surface area (Å²) in [7, 11) is 0. The molecular weight excluding hydrogens is 152 g/mol. The number of nitrogens with two attached hydrogens (primary N) is 1. The van der Waals surface area contributed by atoms with E-state index in [9.17, 15) is 0 Å². The van der Waals surface area contributed by atoms with Gasteiger partial charge in [0, 0.05) is 25.3 Å². The van der Waals surface area contributed by atoms with Crippen molar-refractivity contribution in [1.82, 2.24) is 15.3 Å². The summed E-state index contributed by atoms with van der Waals surface area (Å²) in [6, 6.07) is 2.22. The fourth-order valence-corrected chi connectivity index (χ4v) is 0.785. The van der Waals surface area contributed by atoms with Crippen LogP contribution < -0.4 is 11.1 Å². The van der Waals surface area contributed by atoms with Crippen LogP contribution in [0.5, 0.6) is 0 Å². The Labute approximate surface area is 72.2 Å². The number of nitrogens with one attached hydrogen (secondary N) is 1. The predicted molar refractivity (Wildman–Crippen MR) is 47.4 cm³/mol. The molecule has 0 radical (unpaired) electrons. The van der Waals surface area contributed by atoms with Crippen LogP contribution in [0.3, 0.4) is 0 Å². The number of rotatable bonds is 4. The van der Waals surface area contributed by atoms with Crippen LogP contribution in [0.15, 0.2) is 18.6 Å². The van der Waals surface area contributed by atoms with E-state index in [4.69, 9.17) is 5.73 Å². The van der Waals surface area contributed by atoms with Gasteiger partial charge in [-0.05, 0) is 13.0 Å². The normalized spacial score (nSPS) is 12.8. The molecular formula is C8H14N4. The average Bonchev–Trinajstić information content (AvgIpc) is 2.16. The first-order chi connectivity index (χ1) is 5.83. The van der Waals surface area contributed by atoms with Crippen LogP contribution in [0.25, 0.3) is 0 Å². The Bertz CT molecular complexity index is 212. The molecule has 4 nitrogen and oxygen atoms in total. The fourth-order valence-electron chi connectivity index (χ4n) is 0.785. The topological polar surface area (TPSA) is 63.8 Å². The lowest BCUT2D eigenvalue weighted by Gasteiger charge is -2.09. The minimum Gasteiger partial charge on any atom is -0.329 e. The van der Waals surface area contributed by atoms with Gasteiger partial charge in [0.25, 0.3) is 0 Å². The summed E-state index contributed by atoms with van der Waals surface area (Å²) >= 11 is 0. The van der Waals surface area contributed by atoms with E-state index in [1.807, 2.05) is 13.0 Å². The Morgan fingerprint density at radius 3 is 3.08 bits per heavy atom. The van der Waals surface area contributed by atoms with Crippen molar-refractivity contribution in [3.63, 3.8) is 0 Å². The van der Waals surface area contributed by atoms with Gasteiger partial charge in [-0.15, -0.1) is 0 Å². The molecule has 0 bridgehead atoms. The number of aromatic nitrogens is 2. The van der Waals surface area contributed by atoms with Gasteiger partial charge in [0.15, 0.2) is 0 Å². The Morgan fingerprint density at radius 1 is 1.67 bits per heavy atom. The molecule has 0 spiro atoms. The highest BCUT2D eigenvalue weighted by Gasteiger charge is 1.97. The summed E-state index contributed by atoms with van der Waals surface area (Å²) in [6.45, 7) is 3.44. The second-order valence-corrected chi connectivity index (χ2v) is 2.72. The predicted octanol–water partition coefficient (Wildman–Crippen LogP) is -0.0866. The molecule has 0 aliphatic rings. The van der Waals surface area contributed by atoms with Crippen LogP contribution in [0.1, 0.15) is 12.6 Å². The molecule has 0 saturated heterocycles. The molecule has 1 atom stereocenters. The van der Waals surface area contributed by atoms with E-state index in [1.165, 1.54) is 0 Å². The second kappa shape index (κ2) is 4.79. The van der Waals surface area contributed by atoms with Crippen LogP contribution >= 0.6 is 0 Å². The van der Waals surface area contributed by atoms with Crippen LogP contribution in [-0.4, -0.2) is 22.6 Å². The van der Waals surface area contributed by atoms with Crippen molar-refractivity contribution >= 4 is 0 Å². The molecule has 12 heavy (non-hydrogen) atoms. The Morgan fingerprint density at radius 2 is 2.50 bits per heavy atom. The first-order valence-corrected chi connectivity index (χ1v) is 4.01. The first-order valence-electron chi connectivity index (χ1n) is 4.01. The molecule has 1 rings (SSSR count). The average molecular weight is 166 g/mol. The Hall–Kier alpha value is -1.00. The zero-order valence-corrected chi connectivity index (χ0v) is 7.20. The number of hydrogen-bond acceptors (Lipinski definition) is 4. The smallest absolute Gasteiger partial charge is 0.115 e. The van der Waals surface area contributed by atoms with Crippen molar-refractivity contribution in [1.29, 1.82) is 0 Å². The molecule has 0 aromatic carbocycles. The highest BCUT2D eigenvalue weighted by atomic mass is 14.9. The lowest BCUT2D eigenvalue weighted by Crippen LogP contribution is -2.32. The van der Waals surface area contributed by atoms with E-state index >= 15 is 0 Å². The van der Waals surface area contributed by atoms with Gasteiger partial charge in [-0.1, -0.05) is 0 Å². The lowest BCUT2D eigenvalue weighted by atomic mass is 10.3. The fraction of sp³-hybridized carbons (Fsp3) is 0.500. The lowest BCUT2D eigenvalue weighted by molar-refractivity contribution is 0.550. The van der Waals surface area contributed by atoms with E-state index in [0.717, 1.165) is 12.2 Å². The molecule has 1 aromatic rings. The zero-order chi connectivity index (χ0) is 8.81. The molecule has 66 valence electrons. The third kappa shape index (κ3) is 2.94. The van der Waals surface area contributed by atoms with Crippen LogP contribution in [0.2, 0.25) is 0 Å². The highest BCUT2D eigenvalue weighted by molar-refractivity contribution is 4.97. The third-order valence-corrected chi connectivity index (χ3v) is 1.63. The summed E-state index contributed by atoms with van der Waals surface area (Å²) in [5.74, 6) is 0. The maximum Gasteiger partial charge on any atom is 0.115 e. The molecule has 1 heterocycles. The molecule has 1 aromatic heterocycles. The van der Waals surface area contributed by atoms with Crippen LogP contribution in [0.4, 0.5) is 0 Å². The molecule has 4 heteroatoms. The minimum absolute atomic E-state index is 0.333. The van der Waals surface area contributed by atoms with E-state index in [1.54, 1.807) is 12.5 Å². The summed E-state index contributed by atoms with van der Waals surface area (Å²) in [6.07, 6.45) is 3.28. The van der Waals surface area contributed by atoms with Crippen molar-refractivity contribution < 1.29 is 0 Å². The Kier molecular flexibility index (Phi) is 3.63. The molecule has 1 unspecified atom stereocenters. The van der Waals surface area contributed by atoms with Crippen LogP contribution in [-0.2, 0) is 6.54 Å². The largest absolute Gasteiger partial charge is 0.329 e. The van der Waals surface area contributed by atoms with E-state index < -0.39 is 0 Å². The van der Waals surface area contributed by atoms with Gasteiger partial charge in [-0.25, -0.2) is 9.97 Å². The Balaban J connectivity index is 2.33. The van der Waals surface area contributed by atoms with Crippen molar-refractivity contribution in [3.05, 3.63) is 24.3 Å². The second-order valence-electron chi connectivity index (χ2n) is 2.72. The molecule has 0 fully saturated rings. The summed E-state index contributed by atoms with van der Waals surface area (Å²) in [5.41, 5.74) is 6.43. The maximum atomic E-state index is 5.44. The van der Waals surface area contributed by atoms with Crippen LogP contribution in [0, 0.1) is 0 Å².